The van der Waals surface area contributed by atoms with Crippen molar-refractivity contribution in [2.75, 3.05) is 18.0 Å². The Morgan fingerprint density at radius 3 is 2.66 bits per heavy atom. The second kappa shape index (κ2) is 8.23. The van der Waals surface area contributed by atoms with Crippen molar-refractivity contribution in [3.63, 3.8) is 0 Å². The highest BCUT2D eigenvalue weighted by Crippen LogP contribution is 2.37. The number of fused-ring (bicyclic) bond motifs is 2. The Kier molecular flexibility index (Phi) is 5.09. The topological polar surface area (TPSA) is 44.8 Å². The lowest BCUT2D eigenvalue weighted by Crippen LogP contribution is -2.35. The Hall–Kier alpha value is -2.88. The summed E-state index contributed by atoms with van der Waals surface area (Å²) in [6.45, 7) is 4.51. The van der Waals surface area contributed by atoms with Gasteiger partial charge in [0.15, 0.2) is 0 Å². The van der Waals surface area contributed by atoms with E-state index in [9.17, 15) is 0 Å². The number of aromatic amines is 1. The first-order chi connectivity index (χ1) is 15.8. The smallest absolute Gasteiger partial charge is 0.137 e. The maximum absolute atomic E-state index is 5.24. The third-order valence-corrected chi connectivity index (χ3v) is 7.58. The third kappa shape index (κ3) is 3.56. The van der Waals surface area contributed by atoms with Gasteiger partial charge in [0.1, 0.15) is 11.5 Å². The number of hydrogen-bond donors (Lipinski definition) is 1. The van der Waals surface area contributed by atoms with E-state index in [-0.39, 0.29) is 0 Å². The van der Waals surface area contributed by atoms with Crippen molar-refractivity contribution in [2.45, 2.75) is 57.8 Å². The predicted octanol–water partition coefficient (Wildman–Crippen LogP) is 7.06. The minimum Gasteiger partial charge on any atom is -0.356 e. The Bertz CT molecular complexity index is 1250. The summed E-state index contributed by atoms with van der Waals surface area (Å²) in [6, 6.07) is 17.8. The molecule has 0 unspecified atom stereocenters. The molecule has 2 aromatic heterocycles. The lowest BCUT2D eigenvalue weighted by Gasteiger charge is -2.32. The minimum absolute atomic E-state index is 0.686. The highest BCUT2D eigenvalue weighted by atomic mass is 15.2. The van der Waals surface area contributed by atoms with E-state index < -0.39 is 0 Å². The van der Waals surface area contributed by atoms with Crippen molar-refractivity contribution >= 4 is 27.5 Å². The Labute approximate surface area is 190 Å². The molecule has 1 saturated carbocycles. The molecule has 1 N–H and O–H groups in total. The van der Waals surface area contributed by atoms with Gasteiger partial charge in [-0.3, -0.25) is 5.10 Å². The standard InChI is InChI=1S/C28H32N4/c1-19-8-7-15-32(18-19)28-23-12-6-5-11-22(23)17-26(29-28)27-24-16-21(13-14-25(24)30-31-27)20-9-3-2-4-10-20/h5-6,11-14,16-17,19-20H,2-4,7-10,15,18H2,1H3,(H,30,31)/t19-/m1/s1. The maximum atomic E-state index is 5.24. The molecule has 2 aromatic carbocycles. The van der Waals surface area contributed by atoms with E-state index in [1.54, 1.807) is 0 Å². The van der Waals surface area contributed by atoms with Gasteiger partial charge in [-0.25, -0.2) is 4.98 Å². The molecule has 4 aromatic rings. The van der Waals surface area contributed by atoms with Crippen molar-refractivity contribution in [1.29, 1.82) is 0 Å². The van der Waals surface area contributed by atoms with Crippen molar-refractivity contribution in [3.8, 4) is 11.4 Å². The summed E-state index contributed by atoms with van der Waals surface area (Å²) in [4.78, 5) is 7.73. The summed E-state index contributed by atoms with van der Waals surface area (Å²) in [7, 11) is 0. The molecular formula is C28H32N4. The zero-order valence-electron chi connectivity index (χ0n) is 19.0. The second-order valence-corrected chi connectivity index (χ2v) is 9.96. The fourth-order valence-electron chi connectivity index (χ4n) is 5.84. The average molecular weight is 425 g/mol. The molecule has 1 saturated heterocycles. The summed E-state index contributed by atoms with van der Waals surface area (Å²) in [5, 5.41) is 11.7. The summed E-state index contributed by atoms with van der Waals surface area (Å²) in [6.07, 6.45) is 9.25. The van der Waals surface area contributed by atoms with E-state index in [0.717, 1.165) is 35.8 Å². The van der Waals surface area contributed by atoms with Gasteiger partial charge in [-0.15, -0.1) is 0 Å². The number of hydrogen-bond acceptors (Lipinski definition) is 3. The lowest BCUT2D eigenvalue weighted by atomic mass is 9.83. The number of anilines is 1. The molecular weight excluding hydrogens is 392 g/mol. The SMILES string of the molecule is C[C@@H]1CCCN(c2nc(-c3n[nH]c4ccc(C5CCCCC5)cc34)cc3ccccc23)C1. The summed E-state index contributed by atoms with van der Waals surface area (Å²) in [5.74, 6) is 2.51. The van der Waals surface area contributed by atoms with Crippen LogP contribution in [0.2, 0.25) is 0 Å². The van der Waals surface area contributed by atoms with Crippen LogP contribution < -0.4 is 4.90 Å². The number of pyridine rings is 1. The molecule has 32 heavy (non-hydrogen) atoms. The van der Waals surface area contributed by atoms with E-state index in [1.165, 1.54) is 66.7 Å². The van der Waals surface area contributed by atoms with Crippen LogP contribution in [0.3, 0.4) is 0 Å². The van der Waals surface area contributed by atoms with E-state index in [4.69, 9.17) is 10.1 Å². The Balaban J connectivity index is 1.47. The monoisotopic (exact) mass is 424 g/mol. The van der Waals surface area contributed by atoms with Gasteiger partial charge in [-0.05, 0) is 66.7 Å². The number of piperidine rings is 1. The molecule has 1 aliphatic carbocycles. The third-order valence-electron chi connectivity index (χ3n) is 7.58. The molecule has 1 atom stereocenters. The Morgan fingerprint density at radius 2 is 1.78 bits per heavy atom. The van der Waals surface area contributed by atoms with Crippen LogP contribution in [-0.2, 0) is 0 Å². The molecule has 2 fully saturated rings. The predicted molar refractivity (Wildman–Crippen MR) is 133 cm³/mol. The van der Waals surface area contributed by atoms with Crippen LogP contribution >= 0.6 is 0 Å². The summed E-state index contributed by atoms with van der Waals surface area (Å²) >= 11 is 0. The van der Waals surface area contributed by atoms with Crippen molar-refractivity contribution in [3.05, 3.63) is 54.1 Å². The second-order valence-electron chi connectivity index (χ2n) is 9.96. The average Bonchev–Trinajstić information content (AvgIpc) is 3.27. The zero-order valence-corrected chi connectivity index (χ0v) is 19.0. The van der Waals surface area contributed by atoms with Crippen LogP contribution in [-0.4, -0.2) is 28.3 Å². The molecule has 2 aliphatic rings. The highest BCUT2D eigenvalue weighted by molar-refractivity contribution is 5.98. The first kappa shape index (κ1) is 19.8. The summed E-state index contributed by atoms with van der Waals surface area (Å²) in [5.41, 5.74) is 4.52. The van der Waals surface area contributed by atoms with Gasteiger partial charge in [0.2, 0.25) is 0 Å². The number of nitrogens with one attached hydrogen (secondary N) is 1. The number of rotatable bonds is 3. The van der Waals surface area contributed by atoms with Gasteiger partial charge < -0.3 is 4.90 Å². The molecule has 0 radical (unpaired) electrons. The van der Waals surface area contributed by atoms with Gasteiger partial charge in [-0.2, -0.15) is 5.10 Å². The van der Waals surface area contributed by atoms with E-state index >= 15 is 0 Å². The normalized spacial score (nSPS) is 20.3. The van der Waals surface area contributed by atoms with Gasteiger partial charge >= 0.3 is 0 Å². The van der Waals surface area contributed by atoms with E-state index in [2.05, 4.69) is 65.5 Å². The molecule has 0 bridgehead atoms. The molecule has 1 aliphatic heterocycles. The van der Waals surface area contributed by atoms with E-state index in [1.807, 2.05) is 0 Å². The van der Waals surface area contributed by atoms with Gasteiger partial charge in [0, 0.05) is 23.9 Å². The van der Waals surface area contributed by atoms with Crippen LogP contribution in [0.1, 0.15) is 63.4 Å². The molecule has 6 rings (SSSR count). The highest BCUT2D eigenvalue weighted by Gasteiger charge is 2.22. The lowest BCUT2D eigenvalue weighted by molar-refractivity contribution is 0.444. The maximum Gasteiger partial charge on any atom is 0.137 e. The van der Waals surface area contributed by atoms with Crippen molar-refractivity contribution < 1.29 is 0 Å². The fourth-order valence-corrected chi connectivity index (χ4v) is 5.84. The first-order valence-corrected chi connectivity index (χ1v) is 12.4. The van der Waals surface area contributed by atoms with Crippen LogP contribution in [0.25, 0.3) is 33.1 Å². The van der Waals surface area contributed by atoms with Crippen LogP contribution in [0.15, 0.2) is 48.5 Å². The molecule has 3 heterocycles. The van der Waals surface area contributed by atoms with Crippen molar-refractivity contribution in [1.82, 2.24) is 15.2 Å². The minimum atomic E-state index is 0.686. The molecule has 4 nitrogen and oxygen atoms in total. The molecule has 164 valence electrons. The molecule has 0 amide bonds. The molecule has 0 spiro atoms. The number of nitrogens with zero attached hydrogens (tertiary/aromatic N) is 3. The Morgan fingerprint density at radius 1 is 0.906 bits per heavy atom. The van der Waals surface area contributed by atoms with E-state index in [0.29, 0.717) is 11.8 Å². The molecule has 4 heteroatoms. The van der Waals surface area contributed by atoms with Gasteiger partial charge in [-0.1, -0.05) is 56.5 Å². The quantitative estimate of drug-likeness (QED) is 0.383. The van der Waals surface area contributed by atoms with Gasteiger partial charge in [0.25, 0.3) is 0 Å². The summed E-state index contributed by atoms with van der Waals surface area (Å²) < 4.78 is 0. The van der Waals surface area contributed by atoms with Gasteiger partial charge in [0.05, 0.1) is 11.2 Å². The number of aromatic nitrogens is 3. The largest absolute Gasteiger partial charge is 0.356 e. The van der Waals surface area contributed by atoms with Crippen molar-refractivity contribution in [2.24, 2.45) is 5.92 Å². The number of benzene rings is 2. The van der Waals surface area contributed by atoms with Crippen LogP contribution in [0.5, 0.6) is 0 Å². The first-order valence-electron chi connectivity index (χ1n) is 12.4. The van der Waals surface area contributed by atoms with Crippen LogP contribution in [0, 0.1) is 5.92 Å². The zero-order chi connectivity index (χ0) is 21.5. The number of H-pyrrole nitrogens is 1. The van der Waals surface area contributed by atoms with Crippen LogP contribution in [0.4, 0.5) is 5.82 Å². The fraction of sp³-hybridized carbons (Fsp3) is 0.429.